The number of anilines is 10. The molecule has 0 saturated heterocycles. The molecule has 0 spiro atoms. The number of benzene rings is 4. The fourth-order valence-corrected chi connectivity index (χ4v) is 9.81. The predicted octanol–water partition coefficient (Wildman–Crippen LogP) is 4.17. The maximum Gasteiger partial charge on any atom is 0.296 e. The molecule has 0 amide bonds. The summed E-state index contributed by atoms with van der Waals surface area (Å²) < 4.78 is 118. The number of aliphatic hydroxyl groups excluding tert-OH is 4. The Morgan fingerprint density at radius 1 is 0.525 bits per heavy atom. The third-order valence-corrected chi connectivity index (χ3v) is 14.6. The fraction of sp³-hybridized carbons (Fsp3) is 0.200. The summed E-state index contributed by atoms with van der Waals surface area (Å²) in [5.41, 5.74) is -0.0855. The lowest BCUT2D eigenvalue weighted by atomic mass is 10.1. The molecule has 0 aliphatic rings. The van der Waals surface area contributed by atoms with Crippen molar-refractivity contribution in [3.8, 4) is 0 Å². The molecule has 2 aromatic heterocycles. The molecule has 1 atom stereocenters. The van der Waals surface area contributed by atoms with Gasteiger partial charge in [-0.25, -0.2) is 15.8 Å². The zero-order chi connectivity index (χ0) is 58.0. The van der Waals surface area contributed by atoms with E-state index in [1.807, 2.05) is 0 Å². The minimum atomic E-state index is -5.04. The van der Waals surface area contributed by atoms with Crippen molar-refractivity contribution in [2.75, 3.05) is 71.0 Å². The lowest BCUT2D eigenvalue weighted by Crippen LogP contribution is -2.31. The van der Waals surface area contributed by atoms with Gasteiger partial charge in [0.1, 0.15) is 9.79 Å². The summed E-state index contributed by atoms with van der Waals surface area (Å²) in [6, 6.07) is 13.8. The summed E-state index contributed by atoms with van der Waals surface area (Å²) in [5, 5.41) is 90.3. The zero-order valence-corrected chi connectivity index (χ0v) is 45.0. The van der Waals surface area contributed by atoms with Crippen LogP contribution < -0.4 is 31.5 Å². The second-order valence-corrected chi connectivity index (χ2v) is 21.8. The van der Waals surface area contributed by atoms with Gasteiger partial charge in [0.15, 0.2) is 0 Å². The van der Waals surface area contributed by atoms with E-state index in [2.05, 4.69) is 80.3 Å². The van der Waals surface area contributed by atoms with E-state index in [-0.39, 0.29) is 104 Å². The van der Waals surface area contributed by atoms with Gasteiger partial charge in [-0.15, -0.1) is 13.0 Å². The average molecular weight is 1240 g/mol. The van der Waals surface area contributed by atoms with Crippen molar-refractivity contribution >= 4 is 137 Å². The van der Waals surface area contributed by atoms with Crippen LogP contribution in [0.15, 0.2) is 102 Å². The van der Waals surface area contributed by atoms with Crippen LogP contribution in [0.25, 0.3) is 12.2 Å². The highest BCUT2D eigenvalue weighted by atomic mass is 32.2. The van der Waals surface area contributed by atoms with Gasteiger partial charge in [0, 0.05) is 40.9 Å². The summed E-state index contributed by atoms with van der Waals surface area (Å²) in [7, 11) is -14.7. The highest BCUT2D eigenvalue weighted by Gasteiger charge is 2.23. The molecule has 0 aliphatic carbocycles. The van der Waals surface area contributed by atoms with Gasteiger partial charge in [0.25, 0.3) is 30.4 Å². The first-order chi connectivity index (χ1) is 38.2. The molecule has 0 bridgehead atoms. The minimum absolute atomic E-state index is 0.0440. The van der Waals surface area contributed by atoms with Crippen LogP contribution in [0.5, 0.6) is 0 Å². The van der Waals surface area contributed by atoms with Crippen LogP contribution in [0.1, 0.15) is 17.5 Å². The maximum atomic E-state index is 12.9. The SMILES string of the molecule is O=S(=O)(O)c1ccc(SOOO)c(Nc2nc(Nc3ccc(C=Cc4ccc(Nc5nc(Nc6cc(SOOO)ccc6S(=O)(=O)O)nc(N(CCO)CCO)n5)cc4S(=O)(=O)O)c(SOOO)c3)nc(NC(CO)CCO)n2)c1. The Hall–Kier alpha value is -6.30. The average Bonchev–Trinajstić information content (AvgIpc) is 3.47. The minimum Gasteiger partial charge on any atom is -0.396 e. The molecule has 40 heteroatoms. The molecule has 1 unspecified atom stereocenters. The van der Waals surface area contributed by atoms with Gasteiger partial charge in [-0.05, 0) is 78.2 Å². The smallest absolute Gasteiger partial charge is 0.296 e. The van der Waals surface area contributed by atoms with Gasteiger partial charge in [-0.3, -0.25) is 13.7 Å². The Morgan fingerprint density at radius 3 is 1.65 bits per heavy atom. The van der Waals surface area contributed by atoms with E-state index in [4.69, 9.17) is 20.1 Å². The van der Waals surface area contributed by atoms with E-state index in [0.717, 1.165) is 30.3 Å². The predicted molar refractivity (Wildman–Crippen MR) is 281 cm³/mol. The molecule has 0 radical (unpaired) electrons. The van der Waals surface area contributed by atoms with Crippen molar-refractivity contribution in [2.24, 2.45) is 0 Å². The summed E-state index contributed by atoms with van der Waals surface area (Å²) in [5.74, 6) is -1.63. The second kappa shape index (κ2) is 29.4. The molecule has 432 valence electrons. The van der Waals surface area contributed by atoms with Crippen LogP contribution >= 0.6 is 36.1 Å². The number of nitrogens with one attached hydrogen (secondary N) is 5. The third kappa shape index (κ3) is 18.4. The van der Waals surface area contributed by atoms with Crippen LogP contribution in [0.2, 0.25) is 0 Å². The van der Waals surface area contributed by atoms with E-state index < -0.39 is 76.9 Å². The number of aliphatic hydroxyl groups is 4. The number of nitrogens with zero attached hydrogens (tertiary/aromatic N) is 7. The largest absolute Gasteiger partial charge is 0.396 e. The van der Waals surface area contributed by atoms with Gasteiger partial charge in [0.05, 0.1) is 83.2 Å². The van der Waals surface area contributed by atoms with Crippen LogP contribution in [0.3, 0.4) is 0 Å². The first-order valence-corrected chi connectivity index (χ1v) is 28.4. The van der Waals surface area contributed by atoms with E-state index in [0.29, 0.717) is 36.1 Å². The van der Waals surface area contributed by atoms with Gasteiger partial charge >= 0.3 is 0 Å². The third-order valence-electron chi connectivity index (χ3n) is 10.0. The molecular formula is C40H44N12O22S6. The highest BCUT2D eigenvalue weighted by molar-refractivity contribution is 7.95. The normalized spacial score (nSPS) is 12.4. The zero-order valence-electron chi connectivity index (χ0n) is 40.1. The van der Waals surface area contributed by atoms with Crippen molar-refractivity contribution in [1.82, 2.24) is 29.9 Å². The van der Waals surface area contributed by atoms with Crippen LogP contribution in [0.4, 0.5) is 58.4 Å². The summed E-state index contributed by atoms with van der Waals surface area (Å²) >= 11 is 1.34. The lowest BCUT2D eigenvalue weighted by Gasteiger charge is -2.22. The van der Waals surface area contributed by atoms with Crippen molar-refractivity contribution in [1.29, 1.82) is 0 Å². The van der Waals surface area contributed by atoms with E-state index in [1.54, 1.807) is 0 Å². The molecule has 80 heavy (non-hydrogen) atoms. The van der Waals surface area contributed by atoms with Gasteiger partial charge < -0.3 is 51.9 Å². The summed E-state index contributed by atoms with van der Waals surface area (Å²) in [6.45, 7) is -1.98. The molecule has 6 rings (SSSR count). The number of aromatic nitrogens is 6. The Morgan fingerprint density at radius 2 is 1.06 bits per heavy atom. The number of hydrogen-bond donors (Lipinski definition) is 15. The van der Waals surface area contributed by atoms with E-state index in [1.165, 1.54) is 59.5 Å². The first-order valence-electron chi connectivity index (χ1n) is 21.8. The molecule has 15 N–H and O–H groups in total. The molecule has 0 saturated carbocycles. The van der Waals surface area contributed by atoms with Gasteiger partial charge in [0.2, 0.25) is 35.7 Å². The Kier molecular flexibility index (Phi) is 23.1. The number of rotatable bonds is 32. The van der Waals surface area contributed by atoms with Crippen molar-refractivity contribution in [3.63, 3.8) is 0 Å². The molecule has 2 heterocycles. The quantitative estimate of drug-likeness (QED) is 0.00926. The van der Waals surface area contributed by atoms with Crippen molar-refractivity contribution < 1.29 is 103 Å². The molecule has 34 nitrogen and oxygen atoms in total. The standard InChI is InChI=1S/C40H44N12O22S6/c53-14-11-26(21-56)43-36-46-35(47-38(48-36)44-29-20-28(78(60,61)62)8-9-31(29)76-73-70-58)41-24-5-3-22(32(17-24)77-74-71-59)1-2-23-4-6-25(18-34(23)80(66,67)68)42-37-49-39(51-40(50-37)52(12-15-54)13-16-55)45-30-19-27(75-72-69-57)7-10-33(30)79(63,64)65/h1-10,17-20,26,53-59H,11-16,21H2,(H,60,61,62)(H,63,64,65)(H,66,67,68)(H2,42,45,49,50,51)(H3,41,43,44,46,47,48). The Balaban J connectivity index is 1.34. The Bertz CT molecular complexity index is 3470. The lowest BCUT2D eigenvalue weighted by molar-refractivity contribution is -0.432. The topological polar surface area (TPSA) is 501 Å². The van der Waals surface area contributed by atoms with Crippen LogP contribution in [0, 0.1) is 0 Å². The van der Waals surface area contributed by atoms with E-state index >= 15 is 0 Å². The monoisotopic (exact) mass is 1240 g/mol. The van der Waals surface area contributed by atoms with Crippen molar-refractivity contribution in [2.45, 2.75) is 41.8 Å². The molecule has 4 aromatic carbocycles. The molecule has 0 fully saturated rings. The second-order valence-electron chi connectivity index (χ2n) is 15.3. The van der Waals surface area contributed by atoms with E-state index in [9.17, 15) is 59.3 Å². The summed E-state index contributed by atoms with van der Waals surface area (Å²) in [4.78, 5) is 25.5. The molecule has 6 aromatic rings. The molecule has 0 aliphatic heterocycles. The highest BCUT2D eigenvalue weighted by Crippen LogP contribution is 2.35. The van der Waals surface area contributed by atoms with Crippen molar-refractivity contribution in [3.05, 3.63) is 83.9 Å². The van der Waals surface area contributed by atoms with Gasteiger partial charge in [-0.1, -0.05) is 39.4 Å². The Labute approximate surface area is 464 Å². The van der Waals surface area contributed by atoms with Gasteiger partial charge in [-0.2, -0.15) is 55.2 Å². The fourth-order valence-electron chi connectivity index (χ4n) is 6.63. The maximum absolute atomic E-state index is 12.9. The molecular weight excluding hydrogens is 1190 g/mol. The van der Waals surface area contributed by atoms with Crippen LogP contribution in [-0.2, 0) is 58.5 Å². The summed E-state index contributed by atoms with van der Waals surface area (Å²) in [6.07, 6.45) is 2.72. The first kappa shape index (κ1) is 62.9. The number of hydrogen-bond acceptors (Lipinski definition) is 34. The van der Waals surface area contributed by atoms with Crippen LogP contribution in [-0.4, -0.2) is 151 Å².